The van der Waals surface area contributed by atoms with Gasteiger partial charge in [-0.1, -0.05) is 11.6 Å². The number of ether oxygens (including phenoxy) is 2. The van der Waals surface area contributed by atoms with Crippen LogP contribution in [0.1, 0.15) is 37.6 Å². The molecular weight excluding hydrogens is 358 g/mol. The van der Waals surface area contributed by atoms with Gasteiger partial charge in [-0.05, 0) is 33.3 Å². The van der Waals surface area contributed by atoms with Crippen molar-refractivity contribution in [3.63, 3.8) is 0 Å². The molecule has 1 aromatic rings. The first-order chi connectivity index (χ1) is 12.4. The molecule has 0 atom stereocenters. The standard InChI is InChI=1S/C18H26ClN3O4/c1-4-25-16(23)12-21-6-5-7-22(9-8-21)18(24)14-10-15(19)17(20-11-14)26-13(2)3/h10-11,13H,4-9,12H2,1-3H3. The summed E-state index contributed by atoms with van der Waals surface area (Å²) in [7, 11) is 0. The first-order valence-corrected chi connectivity index (χ1v) is 9.28. The summed E-state index contributed by atoms with van der Waals surface area (Å²) < 4.78 is 10.5. The van der Waals surface area contributed by atoms with Gasteiger partial charge in [0.2, 0.25) is 5.88 Å². The second-order valence-corrected chi connectivity index (χ2v) is 6.81. The van der Waals surface area contributed by atoms with E-state index in [0.717, 1.165) is 13.0 Å². The molecule has 2 heterocycles. The van der Waals surface area contributed by atoms with Gasteiger partial charge in [0.05, 0.1) is 24.8 Å². The average Bonchev–Trinajstić information content (AvgIpc) is 2.81. The predicted molar refractivity (Wildman–Crippen MR) is 98.6 cm³/mol. The van der Waals surface area contributed by atoms with Gasteiger partial charge >= 0.3 is 5.97 Å². The van der Waals surface area contributed by atoms with Gasteiger partial charge in [0.1, 0.15) is 5.02 Å². The van der Waals surface area contributed by atoms with E-state index in [1.54, 1.807) is 17.9 Å². The lowest BCUT2D eigenvalue weighted by molar-refractivity contribution is -0.144. The number of hydrogen-bond donors (Lipinski definition) is 0. The van der Waals surface area contributed by atoms with Crippen LogP contribution in [0.4, 0.5) is 0 Å². The number of nitrogens with zero attached hydrogens (tertiary/aromatic N) is 3. The maximum atomic E-state index is 12.7. The molecule has 1 aromatic heterocycles. The summed E-state index contributed by atoms with van der Waals surface area (Å²) in [6, 6.07) is 1.59. The third kappa shape index (κ3) is 5.85. The summed E-state index contributed by atoms with van der Waals surface area (Å²) >= 11 is 6.18. The zero-order valence-electron chi connectivity index (χ0n) is 15.5. The summed E-state index contributed by atoms with van der Waals surface area (Å²) in [6.45, 7) is 8.74. The number of aromatic nitrogens is 1. The molecule has 1 saturated heterocycles. The maximum Gasteiger partial charge on any atom is 0.320 e. The normalized spacial score (nSPS) is 15.7. The van der Waals surface area contributed by atoms with Gasteiger partial charge in [0.15, 0.2) is 0 Å². The number of carbonyl (C=O) groups excluding carboxylic acids is 2. The van der Waals surface area contributed by atoms with Gasteiger partial charge in [-0.3, -0.25) is 14.5 Å². The Kier molecular flexibility index (Phi) is 7.66. The Hall–Kier alpha value is -1.86. The van der Waals surface area contributed by atoms with E-state index in [9.17, 15) is 9.59 Å². The molecule has 0 aliphatic carbocycles. The number of pyridine rings is 1. The van der Waals surface area contributed by atoms with Gasteiger partial charge in [0, 0.05) is 32.4 Å². The molecule has 2 rings (SSSR count). The SMILES string of the molecule is CCOC(=O)CN1CCCN(C(=O)c2cnc(OC(C)C)c(Cl)c2)CC1. The molecule has 1 amide bonds. The lowest BCUT2D eigenvalue weighted by Crippen LogP contribution is -2.37. The van der Waals surface area contributed by atoms with Crippen molar-refractivity contribution < 1.29 is 19.1 Å². The van der Waals surface area contributed by atoms with E-state index in [0.29, 0.717) is 42.7 Å². The lowest BCUT2D eigenvalue weighted by Gasteiger charge is -2.21. The van der Waals surface area contributed by atoms with E-state index >= 15 is 0 Å². The minimum absolute atomic E-state index is 0.0439. The Balaban J connectivity index is 1.97. The Morgan fingerprint density at radius 3 is 2.69 bits per heavy atom. The molecule has 0 N–H and O–H groups in total. The number of rotatable bonds is 6. The summed E-state index contributed by atoms with van der Waals surface area (Å²) in [5.41, 5.74) is 0.435. The van der Waals surface area contributed by atoms with Gasteiger partial charge in [-0.15, -0.1) is 0 Å². The molecule has 0 unspecified atom stereocenters. The molecule has 0 bridgehead atoms. The molecule has 0 spiro atoms. The number of halogens is 1. The fraction of sp³-hybridized carbons (Fsp3) is 0.611. The van der Waals surface area contributed by atoms with Crippen LogP contribution in [0.5, 0.6) is 5.88 Å². The van der Waals surface area contributed by atoms with E-state index in [4.69, 9.17) is 21.1 Å². The first kappa shape index (κ1) is 20.5. The zero-order valence-corrected chi connectivity index (χ0v) is 16.3. The van der Waals surface area contributed by atoms with Crippen molar-refractivity contribution in [2.45, 2.75) is 33.3 Å². The number of carbonyl (C=O) groups is 2. The van der Waals surface area contributed by atoms with Crippen molar-refractivity contribution in [3.05, 3.63) is 22.8 Å². The monoisotopic (exact) mass is 383 g/mol. The van der Waals surface area contributed by atoms with Crippen molar-refractivity contribution in [2.75, 3.05) is 39.3 Å². The van der Waals surface area contributed by atoms with E-state index < -0.39 is 0 Å². The molecule has 7 nitrogen and oxygen atoms in total. The third-order valence-electron chi connectivity index (χ3n) is 3.94. The van der Waals surface area contributed by atoms with E-state index in [-0.39, 0.29) is 24.5 Å². The van der Waals surface area contributed by atoms with Crippen molar-refractivity contribution in [3.8, 4) is 5.88 Å². The molecule has 1 aliphatic rings. The summed E-state index contributed by atoms with van der Waals surface area (Å²) in [4.78, 5) is 32.3. The number of amides is 1. The van der Waals surface area contributed by atoms with Crippen LogP contribution in [0.3, 0.4) is 0 Å². The second-order valence-electron chi connectivity index (χ2n) is 6.40. The smallest absolute Gasteiger partial charge is 0.320 e. The molecule has 0 saturated carbocycles. The van der Waals surface area contributed by atoms with Crippen LogP contribution in [0.2, 0.25) is 5.02 Å². The van der Waals surface area contributed by atoms with Gasteiger partial charge in [-0.2, -0.15) is 0 Å². The highest BCUT2D eigenvalue weighted by atomic mass is 35.5. The molecule has 144 valence electrons. The van der Waals surface area contributed by atoms with Crippen molar-refractivity contribution in [1.29, 1.82) is 0 Å². The van der Waals surface area contributed by atoms with Crippen LogP contribution >= 0.6 is 11.6 Å². The average molecular weight is 384 g/mol. The van der Waals surface area contributed by atoms with Crippen LogP contribution in [0.15, 0.2) is 12.3 Å². The fourth-order valence-corrected chi connectivity index (χ4v) is 2.97. The van der Waals surface area contributed by atoms with E-state index in [2.05, 4.69) is 4.98 Å². The third-order valence-corrected chi connectivity index (χ3v) is 4.21. The molecule has 1 aliphatic heterocycles. The fourth-order valence-electron chi connectivity index (χ4n) is 2.76. The van der Waals surface area contributed by atoms with Gasteiger partial charge < -0.3 is 14.4 Å². The van der Waals surface area contributed by atoms with Crippen LogP contribution in [-0.4, -0.2) is 72.1 Å². The predicted octanol–water partition coefficient (Wildman–Crippen LogP) is 2.23. The molecule has 26 heavy (non-hydrogen) atoms. The molecular formula is C18H26ClN3O4. The van der Waals surface area contributed by atoms with E-state index in [1.165, 1.54) is 6.20 Å². The molecule has 0 radical (unpaired) electrons. The topological polar surface area (TPSA) is 72.0 Å². The maximum absolute atomic E-state index is 12.7. The molecule has 8 heteroatoms. The Morgan fingerprint density at radius 1 is 1.27 bits per heavy atom. The Bertz CT molecular complexity index is 639. The number of hydrogen-bond acceptors (Lipinski definition) is 6. The molecule has 1 fully saturated rings. The number of esters is 1. The highest BCUT2D eigenvalue weighted by Gasteiger charge is 2.22. The van der Waals surface area contributed by atoms with Crippen LogP contribution < -0.4 is 4.74 Å². The van der Waals surface area contributed by atoms with Crippen LogP contribution in [0.25, 0.3) is 0 Å². The van der Waals surface area contributed by atoms with Crippen LogP contribution in [-0.2, 0) is 9.53 Å². The quantitative estimate of drug-likeness (QED) is 0.701. The molecule has 0 aromatic carbocycles. The van der Waals surface area contributed by atoms with Crippen molar-refractivity contribution in [2.24, 2.45) is 0 Å². The van der Waals surface area contributed by atoms with Crippen LogP contribution in [0, 0.1) is 0 Å². The van der Waals surface area contributed by atoms with Gasteiger partial charge in [-0.25, -0.2) is 4.98 Å². The van der Waals surface area contributed by atoms with Crippen molar-refractivity contribution >= 4 is 23.5 Å². The largest absolute Gasteiger partial charge is 0.474 e. The highest BCUT2D eigenvalue weighted by molar-refractivity contribution is 6.32. The zero-order chi connectivity index (χ0) is 19.1. The summed E-state index contributed by atoms with van der Waals surface area (Å²) in [5, 5.41) is 0.323. The Morgan fingerprint density at radius 2 is 2.04 bits per heavy atom. The van der Waals surface area contributed by atoms with Gasteiger partial charge in [0.25, 0.3) is 5.91 Å². The summed E-state index contributed by atoms with van der Waals surface area (Å²) in [6.07, 6.45) is 2.24. The minimum Gasteiger partial charge on any atom is -0.474 e. The minimum atomic E-state index is -0.232. The highest BCUT2D eigenvalue weighted by Crippen LogP contribution is 2.24. The second kappa shape index (κ2) is 9.73. The Labute approximate surface area is 159 Å². The van der Waals surface area contributed by atoms with Crippen molar-refractivity contribution in [1.82, 2.24) is 14.8 Å². The lowest BCUT2D eigenvalue weighted by atomic mass is 10.2. The van der Waals surface area contributed by atoms with E-state index in [1.807, 2.05) is 18.7 Å². The first-order valence-electron chi connectivity index (χ1n) is 8.90. The summed E-state index contributed by atoms with van der Waals surface area (Å²) in [5.74, 6) is -0.0211.